The molecule has 0 unspecified atom stereocenters. The van der Waals surface area contributed by atoms with Crippen molar-refractivity contribution in [3.63, 3.8) is 0 Å². The predicted octanol–water partition coefficient (Wildman–Crippen LogP) is 3.12. The molecule has 1 aromatic rings. The molecule has 0 saturated carbocycles. The maximum absolute atomic E-state index is 11.2. The quantitative estimate of drug-likeness (QED) is 0.782. The van der Waals surface area contributed by atoms with Gasteiger partial charge in [-0.1, -0.05) is 18.2 Å². The Kier molecular flexibility index (Phi) is 6.71. The van der Waals surface area contributed by atoms with E-state index in [1.165, 1.54) is 55.7 Å². The van der Waals surface area contributed by atoms with E-state index in [1.807, 2.05) is 0 Å². The van der Waals surface area contributed by atoms with Crippen molar-refractivity contribution in [2.45, 2.75) is 40.0 Å². The van der Waals surface area contributed by atoms with Crippen LogP contribution < -0.4 is 4.90 Å². The van der Waals surface area contributed by atoms with E-state index in [2.05, 4.69) is 46.7 Å². The molecule has 2 aliphatic rings. The maximum Gasteiger partial charge on any atom is 0.143 e. The second-order valence-electron chi connectivity index (χ2n) is 8.28. The molecule has 0 aromatic heterocycles. The lowest BCUT2D eigenvalue weighted by Crippen LogP contribution is -2.47. The summed E-state index contributed by atoms with van der Waals surface area (Å²) in [4.78, 5) is 18.8. The van der Waals surface area contributed by atoms with Crippen molar-refractivity contribution in [1.29, 1.82) is 0 Å². The fourth-order valence-electron chi connectivity index (χ4n) is 4.61. The van der Waals surface area contributed by atoms with Crippen LogP contribution in [-0.2, 0) is 4.79 Å². The molecule has 2 aliphatic heterocycles. The van der Waals surface area contributed by atoms with Crippen LogP contribution in [0.5, 0.6) is 0 Å². The van der Waals surface area contributed by atoms with Gasteiger partial charge in [0, 0.05) is 31.9 Å². The number of piperazine rings is 1. The minimum Gasteiger partial charge on any atom is -0.369 e. The van der Waals surface area contributed by atoms with Crippen molar-refractivity contribution in [3.05, 3.63) is 29.3 Å². The molecule has 0 bridgehead atoms. The van der Waals surface area contributed by atoms with Gasteiger partial charge in [-0.15, -0.1) is 0 Å². The third kappa shape index (κ3) is 5.08. The molecule has 26 heavy (non-hydrogen) atoms. The van der Waals surface area contributed by atoms with E-state index in [4.69, 9.17) is 0 Å². The van der Waals surface area contributed by atoms with E-state index in [0.29, 0.717) is 12.3 Å². The van der Waals surface area contributed by atoms with Crippen LogP contribution in [0.15, 0.2) is 18.2 Å². The van der Waals surface area contributed by atoms with Gasteiger partial charge >= 0.3 is 0 Å². The van der Waals surface area contributed by atoms with Crippen LogP contribution >= 0.6 is 0 Å². The number of carbonyl (C=O) groups is 1. The molecule has 0 radical (unpaired) electrons. The van der Waals surface area contributed by atoms with Crippen LogP contribution in [-0.4, -0.2) is 67.9 Å². The highest BCUT2D eigenvalue weighted by Crippen LogP contribution is 2.26. The standard InChI is InChI=1S/C22H35N3O/c1-18-5-4-6-19(2)22(18)25-15-13-23(14-16-25)10-7-21-8-11-24(12-9-21)17-20(3)26/h4-6,21H,7-17H2,1-3H3. The molecule has 0 spiro atoms. The Morgan fingerprint density at radius 2 is 1.58 bits per heavy atom. The van der Waals surface area contributed by atoms with Crippen LogP contribution in [0.1, 0.15) is 37.3 Å². The van der Waals surface area contributed by atoms with Crippen LogP contribution in [0.25, 0.3) is 0 Å². The molecule has 0 atom stereocenters. The lowest BCUT2D eigenvalue weighted by molar-refractivity contribution is -0.118. The Labute approximate surface area is 159 Å². The third-order valence-corrected chi connectivity index (χ3v) is 6.14. The topological polar surface area (TPSA) is 26.8 Å². The smallest absolute Gasteiger partial charge is 0.143 e. The summed E-state index contributed by atoms with van der Waals surface area (Å²) in [6, 6.07) is 6.62. The van der Waals surface area contributed by atoms with Crippen molar-refractivity contribution < 1.29 is 4.79 Å². The Morgan fingerprint density at radius 1 is 0.962 bits per heavy atom. The summed E-state index contributed by atoms with van der Waals surface area (Å²) in [5.41, 5.74) is 4.25. The molecule has 144 valence electrons. The Balaban J connectivity index is 1.39. The van der Waals surface area contributed by atoms with Gasteiger partial charge in [-0.2, -0.15) is 0 Å². The number of para-hydroxylation sites is 1. The molecule has 0 N–H and O–H groups in total. The van der Waals surface area contributed by atoms with Crippen molar-refractivity contribution in [2.75, 3.05) is 57.3 Å². The van der Waals surface area contributed by atoms with Gasteiger partial charge in [-0.3, -0.25) is 14.6 Å². The van der Waals surface area contributed by atoms with E-state index < -0.39 is 0 Å². The fourth-order valence-corrected chi connectivity index (χ4v) is 4.61. The largest absolute Gasteiger partial charge is 0.369 e. The number of likely N-dealkylation sites (tertiary alicyclic amines) is 1. The number of hydrogen-bond acceptors (Lipinski definition) is 4. The van der Waals surface area contributed by atoms with Gasteiger partial charge in [-0.05, 0) is 76.7 Å². The van der Waals surface area contributed by atoms with Crippen LogP contribution in [0.3, 0.4) is 0 Å². The summed E-state index contributed by atoms with van der Waals surface area (Å²) in [6.45, 7) is 14.9. The summed E-state index contributed by atoms with van der Waals surface area (Å²) in [6.07, 6.45) is 3.84. The van der Waals surface area contributed by atoms with Gasteiger partial charge in [0.1, 0.15) is 5.78 Å². The van der Waals surface area contributed by atoms with Crippen molar-refractivity contribution >= 4 is 11.5 Å². The van der Waals surface area contributed by atoms with E-state index in [1.54, 1.807) is 6.92 Å². The van der Waals surface area contributed by atoms with Gasteiger partial charge in [0.25, 0.3) is 0 Å². The molecule has 0 aliphatic carbocycles. The first-order chi connectivity index (χ1) is 12.5. The average Bonchev–Trinajstić information content (AvgIpc) is 2.61. The van der Waals surface area contributed by atoms with Crippen LogP contribution in [0.2, 0.25) is 0 Å². The molecular weight excluding hydrogens is 322 g/mol. The van der Waals surface area contributed by atoms with E-state index >= 15 is 0 Å². The number of nitrogens with zero attached hydrogens (tertiary/aromatic N) is 3. The highest BCUT2D eigenvalue weighted by molar-refractivity contribution is 5.77. The first-order valence-corrected chi connectivity index (χ1v) is 10.3. The second-order valence-corrected chi connectivity index (χ2v) is 8.28. The third-order valence-electron chi connectivity index (χ3n) is 6.14. The van der Waals surface area contributed by atoms with Crippen LogP contribution in [0.4, 0.5) is 5.69 Å². The van der Waals surface area contributed by atoms with Crippen LogP contribution in [0, 0.1) is 19.8 Å². The fraction of sp³-hybridized carbons (Fsp3) is 0.682. The summed E-state index contributed by atoms with van der Waals surface area (Å²) in [5, 5.41) is 0. The lowest BCUT2D eigenvalue weighted by atomic mass is 9.93. The van der Waals surface area contributed by atoms with Crippen molar-refractivity contribution in [2.24, 2.45) is 5.92 Å². The molecule has 4 nitrogen and oxygen atoms in total. The minimum absolute atomic E-state index is 0.296. The lowest BCUT2D eigenvalue weighted by Gasteiger charge is -2.38. The van der Waals surface area contributed by atoms with Gasteiger partial charge in [-0.25, -0.2) is 0 Å². The number of ketones is 1. The van der Waals surface area contributed by atoms with Gasteiger partial charge in [0.2, 0.25) is 0 Å². The number of carbonyl (C=O) groups excluding carboxylic acids is 1. The summed E-state index contributed by atoms with van der Waals surface area (Å²) in [5.74, 6) is 1.14. The molecule has 0 amide bonds. The Morgan fingerprint density at radius 3 is 2.15 bits per heavy atom. The monoisotopic (exact) mass is 357 g/mol. The molecular formula is C22H35N3O. The van der Waals surface area contributed by atoms with E-state index in [0.717, 1.165) is 32.1 Å². The van der Waals surface area contributed by atoms with Gasteiger partial charge < -0.3 is 4.90 Å². The SMILES string of the molecule is CC(=O)CN1CCC(CCN2CCN(c3c(C)cccc3C)CC2)CC1. The molecule has 4 heteroatoms. The zero-order valence-electron chi connectivity index (χ0n) is 16.8. The molecule has 3 rings (SSSR count). The zero-order valence-corrected chi connectivity index (χ0v) is 16.8. The number of benzene rings is 1. The number of aryl methyl sites for hydroxylation is 2. The maximum atomic E-state index is 11.2. The minimum atomic E-state index is 0.296. The highest BCUT2D eigenvalue weighted by atomic mass is 16.1. The number of rotatable bonds is 6. The van der Waals surface area contributed by atoms with Gasteiger partial charge in [0.15, 0.2) is 0 Å². The molecule has 2 saturated heterocycles. The zero-order chi connectivity index (χ0) is 18.5. The summed E-state index contributed by atoms with van der Waals surface area (Å²) < 4.78 is 0. The molecule has 2 fully saturated rings. The summed E-state index contributed by atoms with van der Waals surface area (Å²) in [7, 11) is 0. The first kappa shape index (κ1) is 19.4. The van der Waals surface area contributed by atoms with Crippen molar-refractivity contribution in [1.82, 2.24) is 9.80 Å². The second kappa shape index (κ2) is 9.01. The highest BCUT2D eigenvalue weighted by Gasteiger charge is 2.23. The van der Waals surface area contributed by atoms with Gasteiger partial charge in [0.05, 0.1) is 6.54 Å². The molecule has 1 aromatic carbocycles. The normalized spacial score (nSPS) is 20.5. The van der Waals surface area contributed by atoms with E-state index in [-0.39, 0.29) is 0 Å². The number of anilines is 1. The summed E-state index contributed by atoms with van der Waals surface area (Å²) >= 11 is 0. The number of hydrogen-bond donors (Lipinski definition) is 0. The van der Waals surface area contributed by atoms with E-state index in [9.17, 15) is 4.79 Å². The predicted molar refractivity (Wildman–Crippen MR) is 109 cm³/mol. The number of piperidine rings is 1. The number of Topliss-reactive ketones (excluding diaryl/α,β-unsaturated/α-hetero) is 1. The Hall–Kier alpha value is -1.39. The first-order valence-electron chi connectivity index (χ1n) is 10.3. The molecule has 2 heterocycles. The average molecular weight is 358 g/mol. The Bertz CT molecular complexity index is 579. The van der Waals surface area contributed by atoms with Crippen molar-refractivity contribution in [3.8, 4) is 0 Å².